The number of halogens is 1. The van der Waals surface area contributed by atoms with Gasteiger partial charge in [0.15, 0.2) is 0 Å². The van der Waals surface area contributed by atoms with Gasteiger partial charge in [0.25, 0.3) is 0 Å². The largest absolute Gasteiger partial charge is 0.391 e. The molecule has 1 unspecified atom stereocenters. The minimum atomic E-state index is -0.580. The second-order valence-corrected chi connectivity index (χ2v) is 5.28. The molecule has 5 heteroatoms. The summed E-state index contributed by atoms with van der Waals surface area (Å²) in [7, 11) is 0. The zero-order valence-corrected chi connectivity index (χ0v) is 11.1. The molecule has 18 heavy (non-hydrogen) atoms. The van der Waals surface area contributed by atoms with E-state index in [1.807, 2.05) is 24.3 Å². The molecule has 1 fully saturated rings. The Balaban J connectivity index is 2.15. The van der Waals surface area contributed by atoms with Crippen LogP contribution in [0, 0.1) is 0 Å². The molecule has 2 aromatic rings. The number of aliphatic hydroxyl groups is 1. The van der Waals surface area contributed by atoms with Crippen LogP contribution in [0.15, 0.2) is 34.9 Å². The van der Waals surface area contributed by atoms with Crippen LogP contribution in [0.2, 0.25) is 0 Å². The number of fused-ring (bicyclic) bond motifs is 1. The summed E-state index contributed by atoms with van der Waals surface area (Å²) in [4.78, 5) is 17.8. The number of carbonyl (C=O) groups excluding carboxylic acids is 1. The van der Waals surface area contributed by atoms with Crippen LogP contribution in [0.25, 0.3) is 10.9 Å². The molecule has 3 rings (SSSR count). The summed E-state index contributed by atoms with van der Waals surface area (Å²) in [6, 6.07) is 7.67. The van der Waals surface area contributed by atoms with Gasteiger partial charge >= 0.3 is 0 Å². The van der Waals surface area contributed by atoms with E-state index in [0.717, 1.165) is 21.1 Å². The molecule has 0 bridgehead atoms. The first-order chi connectivity index (χ1) is 8.65. The zero-order chi connectivity index (χ0) is 12.7. The number of rotatable bonds is 1. The summed E-state index contributed by atoms with van der Waals surface area (Å²) in [5.41, 5.74) is 1.55. The fourth-order valence-electron chi connectivity index (χ4n) is 2.26. The number of carbonyl (C=O) groups is 1. The van der Waals surface area contributed by atoms with Gasteiger partial charge < -0.3 is 10.0 Å². The average Bonchev–Trinajstić information content (AvgIpc) is 2.67. The third-order valence-electron chi connectivity index (χ3n) is 3.05. The molecule has 1 aromatic heterocycles. The van der Waals surface area contributed by atoms with E-state index in [0.29, 0.717) is 6.54 Å². The Labute approximate surface area is 112 Å². The lowest BCUT2D eigenvalue weighted by Crippen LogP contribution is -2.25. The SMILES string of the molecule is O=C1CC(O)CN1c1cccc2cc(Br)cnc12. The van der Waals surface area contributed by atoms with Crippen molar-refractivity contribution in [2.24, 2.45) is 0 Å². The first-order valence-electron chi connectivity index (χ1n) is 5.68. The van der Waals surface area contributed by atoms with Gasteiger partial charge in [-0.05, 0) is 28.1 Å². The van der Waals surface area contributed by atoms with Gasteiger partial charge in [-0.3, -0.25) is 9.78 Å². The predicted molar refractivity (Wildman–Crippen MR) is 72.4 cm³/mol. The Morgan fingerprint density at radius 1 is 1.44 bits per heavy atom. The van der Waals surface area contributed by atoms with Crippen LogP contribution >= 0.6 is 15.9 Å². The number of aromatic nitrogens is 1. The maximum atomic E-state index is 11.8. The molecule has 1 aromatic carbocycles. The maximum Gasteiger partial charge on any atom is 0.229 e. The number of amides is 1. The van der Waals surface area contributed by atoms with E-state index in [1.165, 1.54) is 0 Å². The molecule has 92 valence electrons. The summed E-state index contributed by atoms with van der Waals surface area (Å²) < 4.78 is 0.903. The third-order valence-corrected chi connectivity index (χ3v) is 3.49. The lowest BCUT2D eigenvalue weighted by atomic mass is 10.2. The Morgan fingerprint density at radius 3 is 3.00 bits per heavy atom. The summed E-state index contributed by atoms with van der Waals surface area (Å²) in [5, 5.41) is 10.5. The molecule has 1 amide bonds. The van der Waals surface area contributed by atoms with Crippen LogP contribution < -0.4 is 4.90 Å². The molecule has 1 aliphatic heterocycles. The van der Waals surface area contributed by atoms with E-state index in [9.17, 15) is 9.90 Å². The number of benzene rings is 1. The van der Waals surface area contributed by atoms with Crippen LogP contribution in [0.4, 0.5) is 5.69 Å². The predicted octanol–water partition coefficient (Wildman–Crippen LogP) is 2.09. The third kappa shape index (κ3) is 1.89. The topological polar surface area (TPSA) is 53.4 Å². The van der Waals surface area contributed by atoms with Gasteiger partial charge in [-0.2, -0.15) is 0 Å². The Bertz CT molecular complexity index is 629. The van der Waals surface area contributed by atoms with E-state index >= 15 is 0 Å². The quantitative estimate of drug-likeness (QED) is 0.878. The summed E-state index contributed by atoms with van der Waals surface area (Å²) in [5.74, 6) is -0.0558. The normalized spacial score (nSPS) is 19.8. The van der Waals surface area contributed by atoms with Crippen LogP contribution in [-0.4, -0.2) is 28.6 Å². The van der Waals surface area contributed by atoms with Gasteiger partial charge in [0, 0.05) is 16.1 Å². The number of aliphatic hydroxyl groups excluding tert-OH is 1. The molecule has 0 aliphatic carbocycles. The maximum absolute atomic E-state index is 11.8. The monoisotopic (exact) mass is 306 g/mol. The number of hydrogen-bond donors (Lipinski definition) is 1. The Hall–Kier alpha value is -1.46. The molecule has 0 radical (unpaired) electrons. The number of β-amino-alcohol motifs (C(OH)–C–C–N with tert-alkyl or cyclic N) is 1. The smallest absolute Gasteiger partial charge is 0.229 e. The van der Waals surface area contributed by atoms with Crippen molar-refractivity contribution in [3.05, 3.63) is 34.9 Å². The van der Waals surface area contributed by atoms with Crippen LogP contribution in [0.5, 0.6) is 0 Å². The van der Waals surface area contributed by atoms with Crippen molar-refractivity contribution >= 4 is 38.4 Å². The molecular weight excluding hydrogens is 296 g/mol. The minimum absolute atomic E-state index is 0.0558. The average molecular weight is 307 g/mol. The molecule has 2 heterocycles. The first-order valence-corrected chi connectivity index (χ1v) is 6.47. The van der Waals surface area contributed by atoms with E-state index in [1.54, 1.807) is 11.1 Å². The molecule has 1 atom stereocenters. The fourth-order valence-corrected chi connectivity index (χ4v) is 2.61. The van der Waals surface area contributed by atoms with Crippen molar-refractivity contribution in [2.45, 2.75) is 12.5 Å². The number of pyridine rings is 1. The van der Waals surface area contributed by atoms with Crippen molar-refractivity contribution in [2.75, 3.05) is 11.4 Å². The number of para-hydroxylation sites is 1. The van der Waals surface area contributed by atoms with Crippen molar-refractivity contribution in [3.63, 3.8) is 0 Å². The zero-order valence-electron chi connectivity index (χ0n) is 9.51. The molecular formula is C13H11BrN2O2. The standard InChI is InChI=1S/C13H11BrN2O2/c14-9-4-8-2-1-3-11(13(8)15-6-9)16-7-10(17)5-12(16)18/h1-4,6,10,17H,5,7H2. The van der Waals surface area contributed by atoms with Crippen molar-refractivity contribution < 1.29 is 9.90 Å². The van der Waals surface area contributed by atoms with Gasteiger partial charge in [0.05, 0.1) is 30.3 Å². The summed E-state index contributed by atoms with van der Waals surface area (Å²) >= 11 is 3.38. The van der Waals surface area contributed by atoms with E-state index < -0.39 is 6.10 Å². The van der Waals surface area contributed by atoms with Crippen molar-refractivity contribution in [3.8, 4) is 0 Å². The van der Waals surface area contributed by atoms with Crippen LogP contribution in [-0.2, 0) is 4.79 Å². The molecule has 4 nitrogen and oxygen atoms in total. The molecule has 1 N–H and O–H groups in total. The van der Waals surface area contributed by atoms with E-state index in [2.05, 4.69) is 20.9 Å². The van der Waals surface area contributed by atoms with Gasteiger partial charge in [-0.1, -0.05) is 12.1 Å². The van der Waals surface area contributed by atoms with Gasteiger partial charge in [0.1, 0.15) is 0 Å². The van der Waals surface area contributed by atoms with Gasteiger partial charge in [-0.15, -0.1) is 0 Å². The second kappa shape index (κ2) is 4.33. The highest BCUT2D eigenvalue weighted by Crippen LogP contribution is 2.29. The Kier molecular flexibility index (Phi) is 2.80. The number of anilines is 1. The first kappa shape index (κ1) is 11.6. The van der Waals surface area contributed by atoms with Gasteiger partial charge in [-0.25, -0.2) is 0 Å². The van der Waals surface area contributed by atoms with Crippen LogP contribution in [0.1, 0.15) is 6.42 Å². The lowest BCUT2D eigenvalue weighted by Gasteiger charge is -2.17. The molecule has 0 spiro atoms. The molecule has 1 saturated heterocycles. The van der Waals surface area contributed by atoms with Gasteiger partial charge in [0.2, 0.25) is 5.91 Å². The van der Waals surface area contributed by atoms with Crippen LogP contribution in [0.3, 0.4) is 0 Å². The van der Waals surface area contributed by atoms with E-state index in [-0.39, 0.29) is 12.3 Å². The highest BCUT2D eigenvalue weighted by atomic mass is 79.9. The second-order valence-electron chi connectivity index (χ2n) is 4.36. The van der Waals surface area contributed by atoms with Crippen molar-refractivity contribution in [1.82, 2.24) is 4.98 Å². The minimum Gasteiger partial charge on any atom is -0.391 e. The summed E-state index contributed by atoms with van der Waals surface area (Å²) in [6.45, 7) is 0.343. The highest BCUT2D eigenvalue weighted by molar-refractivity contribution is 9.10. The summed E-state index contributed by atoms with van der Waals surface area (Å²) in [6.07, 6.45) is 1.32. The molecule has 1 aliphatic rings. The fraction of sp³-hybridized carbons (Fsp3) is 0.231. The molecule has 0 saturated carbocycles. The Morgan fingerprint density at radius 2 is 2.28 bits per heavy atom. The highest BCUT2D eigenvalue weighted by Gasteiger charge is 2.30. The number of nitrogens with zero attached hydrogens (tertiary/aromatic N) is 2. The van der Waals surface area contributed by atoms with E-state index in [4.69, 9.17) is 0 Å². The number of hydrogen-bond acceptors (Lipinski definition) is 3. The lowest BCUT2D eigenvalue weighted by molar-refractivity contribution is -0.117. The van der Waals surface area contributed by atoms with Crippen molar-refractivity contribution in [1.29, 1.82) is 0 Å².